The predicted molar refractivity (Wildman–Crippen MR) is 139 cm³/mol. The van der Waals surface area contributed by atoms with Gasteiger partial charge in [0.25, 0.3) is 11.8 Å². The molecule has 0 bridgehead atoms. The summed E-state index contributed by atoms with van der Waals surface area (Å²) >= 11 is 0. The minimum absolute atomic E-state index is 0.0211. The summed E-state index contributed by atoms with van der Waals surface area (Å²) in [6.07, 6.45) is -4.51. The van der Waals surface area contributed by atoms with E-state index in [1.165, 1.54) is 17.7 Å². The predicted octanol–water partition coefficient (Wildman–Crippen LogP) is 6.22. The molecule has 8 heteroatoms. The average molecular weight is 510 g/mol. The van der Waals surface area contributed by atoms with E-state index >= 15 is 0 Å². The van der Waals surface area contributed by atoms with Crippen LogP contribution in [0.1, 0.15) is 52.6 Å². The lowest BCUT2D eigenvalue weighted by Gasteiger charge is -2.36. The van der Waals surface area contributed by atoms with Gasteiger partial charge in [0.2, 0.25) is 0 Å². The number of rotatable bonds is 4. The van der Waals surface area contributed by atoms with E-state index in [1.807, 2.05) is 41.3 Å². The number of amides is 2. The van der Waals surface area contributed by atoms with Crippen LogP contribution in [0.5, 0.6) is 0 Å². The van der Waals surface area contributed by atoms with Gasteiger partial charge in [0.1, 0.15) is 0 Å². The summed E-state index contributed by atoms with van der Waals surface area (Å²) in [5, 5.41) is 2.64. The van der Waals surface area contributed by atoms with Crippen LogP contribution in [-0.2, 0) is 11.6 Å². The van der Waals surface area contributed by atoms with Gasteiger partial charge in [-0.05, 0) is 65.6 Å². The van der Waals surface area contributed by atoms with Gasteiger partial charge in [-0.3, -0.25) is 9.59 Å². The second-order valence-corrected chi connectivity index (χ2v) is 10.2. The Kier molecular flexibility index (Phi) is 7.30. The molecule has 194 valence electrons. The third-order valence-electron chi connectivity index (χ3n) is 6.51. The number of carbonyl (C=O) groups excluding carboxylic acids is 2. The van der Waals surface area contributed by atoms with Crippen LogP contribution in [0.4, 0.5) is 24.5 Å². The van der Waals surface area contributed by atoms with Crippen molar-refractivity contribution in [2.24, 2.45) is 0 Å². The number of halogens is 3. The number of anilines is 2. The quantitative estimate of drug-likeness (QED) is 0.455. The molecule has 1 heterocycles. The maximum Gasteiger partial charge on any atom is 0.416 e. The number of hydrogen-bond donors (Lipinski definition) is 1. The summed E-state index contributed by atoms with van der Waals surface area (Å²) < 4.78 is 38.8. The van der Waals surface area contributed by atoms with E-state index in [0.29, 0.717) is 37.4 Å². The first-order valence-corrected chi connectivity index (χ1v) is 12.2. The molecule has 1 N–H and O–H groups in total. The van der Waals surface area contributed by atoms with Crippen molar-refractivity contribution in [2.75, 3.05) is 36.4 Å². The Labute approximate surface area is 214 Å². The molecule has 1 aliphatic rings. The van der Waals surface area contributed by atoms with Crippen molar-refractivity contribution in [3.05, 3.63) is 95.1 Å². The topological polar surface area (TPSA) is 52.7 Å². The smallest absolute Gasteiger partial charge is 0.368 e. The summed E-state index contributed by atoms with van der Waals surface area (Å²) in [5.74, 6) is -0.589. The number of piperazine rings is 1. The summed E-state index contributed by atoms with van der Waals surface area (Å²) in [6.45, 7) is 8.94. The zero-order chi connectivity index (χ0) is 26.8. The molecule has 3 aromatic carbocycles. The molecule has 0 saturated carbocycles. The zero-order valence-electron chi connectivity index (χ0n) is 21.1. The van der Waals surface area contributed by atoms with Crippen LogP contribution in [0.15, 0.2) is 72.8 Å². The van der Waals surface area contributed by atoms with Crippen LogP contribution in [0.3, 0.4) is 0 Å². The molecular formula is C29H30F3N3O2. The fourth-order valence-electron chi connectivity index (χ4n) is 4.26. The van der Waals surface area contributed by atoms with E-state index in [0.717, 1.165) is 17.8 Å². The second kappa shape index (κ2) is 10.3. The van der Waals surface area contributed by atoms with E-state index in [9.17, 15) is 22.8 Å². The Hall–Kier alpha value is -3.81. The number of carbonyl (C=O) groups is 2. The average Bonchev–Trinajstić information content (AvgIpc) is 2.88. The zero-order valence-corrected chi connectivity index (χ0v) is 21.1. The van der Waals surface area contributed by atoms with Gasteiger partial charge in [-0.2, -0.15) is 13.2 Å². The van der Waals surface area contributed by atoms with Crippen molar-refractivity contribution in [3.63, 3.8) is 0 Å². The molecule has 0 radical (unpaired) electrons. The first kappa shape index (κ1) is 26.3. The highest BCUT2D eigenvalue weighted by Gasteiger charge is 2.31. The fraction of sp³-hybridized carbons (Fsp3) is 0.310. The summed E-state index contributed by atoms with van der Waals surface area (Å²) in [6, 6.07) is 19.3. The number of alkyl halides is 3. The molecule has 4 rings (SSSR count). The van der Waals surface area contributed by atoms with Gasteiger partial charge < -0.3 is 15.1 Å². The fourth-order valence-corrected chi connectivity index (χ4v) is 4.26. The molecule has 0 aliphatic carbocycles. The largest absolute Gasteiger partial charge is 0.416 e. The van der Waals surface area contributed by atoms with Crippen molar-refractivity contribution in [1.29, 1.82) is 0 Å². The van der Waals surface area contributed by atoms with Crippen LogP contribution < -0.4 is 10.2 Å². The minimum atomic E-state index is -4.51. The maximum absolute atomic E-state index is 12.9. The number of hydrogen-bond acceptors (Lipinski definition) is 3. The van der Waals surface area contributed by atoms with Crippen LogP contribution in [-0.4, -0.2) is 42.9 Å². The Balaban J connectivity index is 1.33. The Bertz CT molecular complexity index is 1260. The van der Waals surface area contributed by atoms with Crippen LogP contribution in [0.25, 0.3) is 0 Å². The first-order valence-electron chi connectivity index (χ1n) is 12.2. The lowest BCUT2D eigenvalue weighted by atomic mass is 9.86. The molecule has 2 amide bonds. The molecule has 37 heavy (non-hydrogen) atoms. The minimum Gasteiger partial charge on any atom is -0.368 e. The number of nitrogens with one attached hydrogen (secondary N) is 1. The molecule has 1 fully saturated rings. The van der Waals surface area contributed by atoms with E-state index in [2.05, 4.69) is 31.0 Å². The normalized spacial score (nSPS) is 14.4. The van der Waals surface area contributed by atoms with E-state index in [1.54, 1.807) is 12.1 Å². The summed E-state index contributed by atoms with van der Waals surface area (Å²) in [7, 11) is 0. The van der Waals surface area contributed by atoms with Crippen molar-refractivity contribution in [3.8, 4) is 0 Å². The maximum atomic E-state index is 12.9. The molecule has 0 unspecified atom stereocenters. The SMILES string of the molecule is CC(C)(C)c1ccc(C(=O)N2CCN(c3ccc(NC(=O)c4cccc(C(F)(F)F)c4)cc3)CC2)cc1. The third kappa shape index (κ3) is 6.31. The van der Waals surface area contributed by atoms with Crippen molar-refractivity contribution in [2.45, 2.75) is 32.4 Å². The lowest BCUT2D eigenvalue weighted by molar-refractivity contribution is -0.137. The van der Waals surface area contributed by atoms with Crippen LogP contribution in [0.2, 0.25) is 0 Å². The number of benzene rings is 3. The van der Waals surface area contributed by atoms with Gasteiger partial charge in [-0.25, -0.2) is 0 Å². The third-order valence-corrected chi connectivity index (χ3v) is 6.51. The molecule has 5 nitrogen and oxygen atoms in total. The van der Waals surface area contributed by atoms with E-state index in [4.69, 9.17) is 0 Å². The number of nitrogens with zero attached hydrogens (tertiary/aromatic N) is 2. The molecule has 0 aromatic heterocycles. The standard InChI is InChI=1S/C29H30F3N3O2/c1-28(2,3)22-9-7-20(8-10-22)27(37)35-17-15-34(16-18-35)25-13-11-24(12-14-25)33-26(36)21-5-4-6-23(19-21)29(30,31)32/h4-14,19H,15-18H2,1-3H3,(H,33,36). The van der Waals surface area contributed by atoms with Gasteiger partial charge >= 0.3 is 6.18 Å². The van der Waals surface area contributed by atoms with E-state index in [-0.39, 0.29) is 16.9 Å². The molecule has 0 spiro atoms. The molecule has 1 aliphatic heterocycles. The Morgan fingerprint density at radius 3 is 1.95 bits per heavy atom. The molecular weight excluding hydrogens is 479 g/mol. The highest BCUT2D eigenvalue weighted by atomic mass is 19.4. The highest BCUT2D eigenvalue weighted by molar-refractivity contribution is 6.04. The van der Waals surface area contributed by atoms with E-state index < -0.39 is 17.6 Å². The van der Waals surface area contributed by atoms with Crippen molar-refractivity contribution < 1.29 is 22.8 Å². The highest BCUT2D eigenvalue weighted by Crippen LogP contribution is 2.30. The van der Waals surface area contributed by atoms with Crippen LogP contribution in [0, 0.1) is 0 Å². The lowest BCUT2D eigenvalue weighted by Crippen LogP contribution is -2.48. The van der Waals surface area contributed by atoms with Gasteiger partial charge in [-0.1, -0.05) is 39.0 Å². The Morgan fingerprint density at radius 2 is 1.38 bits per heavy atom. The monoisotopic (exact) mass is 509 g/mol. The van der Waals surface area contributed by atoms with Gasteiger partial charge in [0, 0.05) is 48.7 Å². The second-order valence-electron chi connectivity index (χ2n) is 10.2. The molecule has 3 aromatic rings. The van der Waals surface area contributed by atoms with Crippen molar-refractivity contribution >= 4 is 23.2 Å². The van der Waals surface area contributed by atoms with Gasteiger partial charge in [-0.15, -0.1) is 0 Å². The van der Waals surface area contributed by atoms with Gasteiger partial charge in [0.15, 0.2) is 0 Å². The Morgan fingerprint density at radius 1 is 0.757 bits per heavy atom. The first-order chi connectivity index (χ1) is 17.4. The van der Waals surface area contributed by atoms with Crippen LogP contribution >= 0.6 is 0 Å². The molecule has 1 saturated heterocycles. The van der Waals surface area contributed by atoms with Crippen molar-refractivity contribution in [1.82, 2.24) is 4.90 Å². The summed E-state index contributed by atoms with van der Waals surface area (Å²) in [4.78, 5) is 29.4. The molecule has 0 atom stereocenters. The summed E-state index contributed by atoms with van der Waals surface area (Å²) in [5.41, 5.74) is 2.40. The van der Waals surface area contributed by atoms with Gasteiger partial charge in [0.05, 0.1) is 5.56 Å².